The van der Waals surface area contributed by atoms with E-state index in [0.29, 0.717) is 10.8 Å². The lowest BCUT2D eigenvalue weighted by Gasteiger charge is -2.60. The summed E-state index contributed by atoms with van der Waals surface area (Å²) in [6.45, 7) is 12.7. The van der Waals surface area contributed by atoms with Gasteiger partial charge in [0, 0.05) is 11.0 Å². The minimum atomic E-state index is 0.447. The maximum Gasteiger partial charge on any atom is 0.104 e. The second kappa shape index (κ2) is 8.12. The maximum atomic E-state index is 2.73. The van der Waals surface area contributed by atoms with Crippen molar-refractivity contribution in [2.24, 2.45) is 34.5 Å². The van der Waals surface area contributed by atoms with Crippen molar-refractivity contribution in [2.75, 3.05) is 20.6 Å². The van der Waals surface area contributed by atoms with Crippen molar-refractivity contribution < 1.29 is 4.48 Å². The van der Waals surface area contributed by atoms with Crippen molar-refractivity contribution in [3.63, 3.8) is 0 Å². The first-order valence-electron chi connectivity index (χ1n) is 12.7. The molecule has 5 atom stereocenters. The van der Waals surface area contributed by atoms with E-state index < -0.39 is 0 Å². The third kappa shape index (κ3) is 4.16. The first-order chi connectivity index (χ1) is 14.1. The summed E-state index contributed by atoms with van der Waals surface area (Å²) in [5.41, 5.74) is 4.29. The van der Waals surface area contributed by atoms with Gasteiger partial charge in [-0.15, -0.1) is 0 Å². The van der Waals surface area contributed by atoms with Gasteiger partial charge in [-0.3, -0.25) is 0 Å². The monoisotopic (exact) mass is 408 g/mol. The Hall–Kier alpha value is -1.08. The van der Waals surface area contributed by atoms with Gasteiger partial charge in [-0.2, -0.15) is 0 Å². The zero-order valence-corrected chi connectivity index (χ0v) is 20.6. The van der Waals surface area contributed by atoms with Gasteiger partial charge in [0.2, 0.25) is 0 Å². The van der Waals surface area contributed by atoms with E-state index in [9.17, 15) is 0 Å². The van der Waals surface area contributed by atoms with Crippen LogP contribution in [0.2, 0.25) is 0 Å². The molecule has 1 nitrogen and oxygen atoms in total. The molecule has 3 aliphatic rings. The Morgan fingerprint density at radius 1 is 1.03 bits per heavy atom. The molecule has 0 bridgehead atoms. The molecule has 0 N–H and O–H groups in total. The standard InChI is InChI=1S/C29H46N/c1-22(2)24-13-15-26-25(19-24)14-16-27-28(3,17-10-18-29(26,27)4)21-30(5,6)20-23-11-8-7-9-12-23/h7-9,11-12,14,22,24,26-27H,10,13,15-21H2,1-6H3/q+1/t24?,26-,27?,28-,29-/m1/s1. The molecule has 0 aromatic heterocycles. The molecule has 1 heteroatoms. The molecule has 2 saturated carbocycles. The molecule has 166 valence electrons. The molecule has 2 unspecified atom stereocenters. The maximum absolute atomic E-state index is 2.73. The third-order valence-electron chi connectivity index (χ3n) is 9.47. The highest BCUT2D eigenvalue weighted by molar-refractivity contribution is 5.22. The highest BCUT2D eigenvalue weighted by atomic mass is 15.3. The molecule has 1 aromatic carbocycles. The minimum absolute atomic E-state index is 0.447. The zero-order chi connectivity index (χ0) is 21.6. The molecule has 3 aliphatic carbocycles. The van der Waals surface area contributed by atoms with Gasteiger partial charge in [-0.05, 0) is 67.6 Å². The van der Waals surface area contributed by atoms with Crippen molar-refractivity contribution in [3.8, 4) is 0 Å². The summed E-state index contributed by atoms with van der Waals surface area (Å²) in [7, 11) is 4.92. The van der Waals surface area contributed by atoms with Crippen molar-refractivity contribution in [1.29, 1.82) is 0 Å². The van der Waals surface area contributed by atoms with Crippen LogP contribution in [0.1, 0.15) is 78.2 Å². The number of hydrogen-bond acceptors (Lipinski definition) is 0. The Bertz CT molecular complexity index is 760. The first-order valence-corrected chi connectivity index (χ1v) is 12.7. The lowest BCUT2D eigenvalue weighted by molar-refractivity contribution is -0.911. The lowest BCUT2D eigenvalue weighted by atomic mass is 9.46. The van der Waals surface area contributed by atoms with Gasteiger partial charge in [0.1, 0.15) is 6.54 Å². The van der Waals surface area contributed by atoms with Crippen molar-refractivity contribution in [3.05, 3.63) is 47.5 Å². The van der Waals surface area contributed by atoms with Crippen LogP contribution in [0, 0.1) is 34.5 Å². The molecule has 4 rings (SSSR count). The van der Waals surface area contributed by atoms with E-state index in [2.05, 4.69) is 78.2 Å². The average molecular weight is 409 g/mol. The normalized spacial score (nSPS) is 36.8. The van der Waals surface area contributed by atoms with E-state index in [1.807, 2.05) is 5.57 Å². The van der Waals surface area contributed by atoms with Crippen LogP contribution in [-0.4, -0.2) is 25.1 Å². The smallest absolute Gasteiger partial charge is 0.104 e. The van der Waals surface area contributed by atoms with E-state index in [-0.39, 0.29) is 0 Å². The fourth-order valence-electron chi connectivity index (χ4n) is 8.22. The second-order valence-corrected chi connectivity index (χ2v) is 12.7. The minimum Gasteiger partial charge on any atom is -0.324 e. The van der Waals surface area contributed by atoms with E-state index in [0.717, 1.165) is 34.7 Å². The number of hydrogen-bond donors (Lipinski definition) is 0. The summed E-state index contributed by atoms with van der Waals surface area (Å²) in [4.78, 5) is 0. The average Bonchev–Trinajstić information content (AvgIpc) is 2.67. The van der Waals surface area contributed by atoms with Crippen molar-refractivity contribution in [2.45, 2.75) is 79.2 Å². The molecule has 2 fully saturated rings. The summed E-state index contributed by atoms with van der Waals surface area (Å²) in [6, 6.07) is 11.1. The summed E-state index contributed by atoms with van der Waals surface area (Å²) < 4.78 is 1.10. The highest BCUT2D eigenvalue weighted by Crippen LogP contribution is 2.63. The molecular formula is C29H46N+. The molecule has 0 saturated heterocycles. The van der Waals surface area contributed by atoms with Gasteiger partial charge in [0.15, 0.2) is 0 Å². The molecule has 0 spiro atoms. The number of nitrogens with zero attached hydrogens (tertiary/aromatic N) is 1. The topological polar surface area (TPSA) is 0 Å². The van der Waals surface area contributed by atoms with Crippen LogP contribution in [-0.2, 0) is 6.54 Å². The van der Waals surface area contributed by atoms with Crippen LogP contribution in [0.4, 0.5) is 0 Å². The van der Waals surface area contributed by atoms with Gasteiger partial charge >= 0.3 is 0 Å². The van der Waals surface area contributed by atoms with Crippen LogP contribution < -0.4 is 0 Å². The van der Waals surface area contributed by atoms with E-state index in [4.69, 9.17) is 0 Å². The summed E-state index contributed by atoms with van der Waals surface area (Å²) in [5.74, 6) is 3.46. The van der Waals surface area contributed by atoms with E-state index in [1.54, 1.807) is 0 Å². The Labute approximate surface area is 186 Å². The van der Waals surface area contributed by atoms with Gasteiger partial charge < -0.3 is 4.48 Å². The number of rotatable bonds is 5. The molecule has 0 aliphatic heterocycles. The third-order valence-corrected chi connectivity index (χ3v) is 9.47. The number of fused-ring (bicyclic) bond motifs is 3. The zero-order valence-electron chi connectivity index (χ0n) is 20.6. The Balaban J connectivity index is 1.55. The Morgan fingerprint density at radius 3 is 2.47 bits per heavy atom. The molecule has 0 amide bonds. The second-order valence-electron chi connectivity index (χ2n) is 12.7. The predicted octanol–water partition coefficient (Wildman–Crippen LogP) is 7.48. The Kier molecular flexibility index (Phi) is 5.99. The van der Waals surface area contributed by atoms with Crippen LogP contribution in [0.5, 0.6) is 0 Å². The molecule has 1 aromatic rings. The summed E-state index contributed by atoms with van der Waals surface area (Å²) in [5, 5.41) is 0. The molecule has 0 radical (unpaired) electrons. The van der Waals surface area contributed by atoms with Crippen molar-refractivity contribution >= 4 is 0 Å². The summed E-state index contributed by atoms with van der Waals surface area (Å²) >= 11 is 0. The fourth-order valence-corrected chi connectivity index (χ4v) is 8.22. The lowest BCUT2D eigenvalue weighted by Crippen LogP contribution is -2.57. The summed E-state index contributed by atoms with van der Waals surface area (Å²) in [6.07, 6.45) is 12.6. The van der Waals surface area contributed by atoms with E-state index in [1.165, 1.54) is 57.1 Å². The Morgan fingerprint density at radius 2 is 1.77 bits per heavy atom. The van der Waals surface area contributed by atoms with Crippen molar-refractivity contribution in [1.82, 2.24) is 0 Å². The van der Waals surface area contributed by atoms with Gasteiger partial charge in [0.25, 0.3) is 0 Å². The van der Waals surface area contributed by atoms with Gasteiger partial charge in [-0.1, -0.05) is 76.1 Å². The van der Waals surface area contributed by atoms with Crippen LogP contribution in [0.3, 0.4) is 0 Å². The largest absolute Gasteiger partial charge is 0.324 e. The van der Waals surface area contributed by atoms with E-state index >= 15 is 0 Å². The number of allylic oxidation sites excluding steroid dienone is 2. The fraction of sp³-hybridized carbons (Fsp3) is 0.724. The predicted molar refractivity (Wildman–Crippen MR) is 129 cm³/mol. The van der Waals surface area contributed by atoms with Gasteiger partial charge in [-0.25, -0.2) is 0 Å². The van der Waals surface area contributed by atoms with Crippen LogP contribution in [0.15, 0.2) is 42.0 Å². The van der Waals surface area contributed by atoms with Gasteiger partial charge in [0.05, 0.1) is 20.6 Å². The first kappa shape index (κ1) is 22.1. The molecule has 30 heavy (non-hydrogen) atoms. The number of benzene rings is 1. The SMILES string of the molecule is CC(C)C1CC[C@@H]2C(=CCC3[C@@](C)(C[N+](C)(C)Cc4ccccc4)CCC[C@@]32C)C1. The van der Waals surface area contributed by atoms with Crippen LogP contribution >= 0.6 is 0 Å². The number of quaternary nitrogens is 1. The van der Waals surface area contributed by atoms with Crippen LogP contribution in [0.25, 0.3) is 0 Å². The molecule has 0 heterocycles. The molecular weight excluding hydrogens is 362 g/mol. The quantitative estimate of drug-likeness (QED) is 0.350. The highest BCUT2D eigenvalue weighted by Gasteiger charge is 2.56.